The third kappa shape index (κ3) is 3.51. The molecule has 78 valence electrons. The van der Waals surface area contributed by atoms with Crippen molar-refractivity contribution < 1.29 is 4.79 Å². The van der Waals surface area contributed by atoms with Crippen LogP contribution in [0.1, 0.15) is 11.8 Å². The minimum atomic E-state index is 0.206. The van der Waals surface area contributed by atoms with Gasteiger partial charge in [0, 0.05) is 11.4 Å². The molecule has 0 aliphatic heterocycles. The zero-order valence-corrected chi connectivity index (χ0v) is 12.4. The van der Waals surface area contributed by atoms with Crippen molar-refractivity contribution in [3.8, 4) is 0 Å². The minimum Gasteiger partial charge on any atom is -0.337 e. The number of halogens is 2. The molecule has 0 bridgehead atoms. The summed E-state index contributed by atoms with van der Waals surface area (Å²) in [5, 5.41) is 0. The van der Waals surface area contributed by atoms with E-state index in [1.165, 1.54) is 4.88 Å². The summed E-state index contributed by atoms with van der Waals surface area (Å²) < 4.78 is 1.67. The number of alkyl halides is 1. The van der Waals surface area contributed by atoms with Gasteiger partial charge in [-0.15, -0.1) is 11.3 Å². The van der Waals surface area contributed by atoms with Gasteiger partial charge in [0.15, 0.2) is 0 Å². The summed E-state index contributed by atoms with van der Waals surface area (Å²) in [5.74, 6) is 0.206. The molecule has 1 rings (SSSR count). The summed E-state index contributed by atoms with van der Waals surface area (Å²) >= 11 is 7.19. The number of hydrogen-bond acceptors (Lipinski definition) is 2. The standard InChI is InChI=1S/C9H11BrINOS/c1-2-12(9(13)5-11)6-7-3-4-8(10)14-7/h3-4H,2,5-6H2,1H3. The van der Waals surface area contributed by atoms with Crippen LogP contribution in [0.3, 0.4) is 0 Å². The molecular weight excluding hydrogens is 377 g/mol. The van der Waals surface area contributed by atoms with Gasteiger partial charge in [-0.05, 0) is 35.0 Å². The molecular formula is C9H11BrINOS. The summed E-state index contributed by atoms with van der Waals surface area (Å²) in [6, 6.07) is 4.07. The average molecular weight is 388 g/mol. The first-order valence-corrected chi connectivity index (χ1v) is 7.38. The summed E-state index contributed by atoms with van der Waals surface area (Å²) in [6.45, 7) is 3.51. The maximum atomic E-state index is 11.5. The van der Waals surface area contributed by atoms with E-state index in [-0.39, 0.29) is 5.91 Å². The van der Waals surface area contributed by atoms with Crippen molar-refractivity contribution in [1.82, 2.24) is 4.90 Å². The second-order valence-corrected chi connectivity index (χ2v) is 6.06. The first kappa shape index (κ1) is 12.4. The van der Waals surface area contributed by atoms with Crippen LogP contribution in [0.2, 0.25) is 0 Å². The summed E-state index contributed by atoms with van der Waals surface area (Å²) in [6.07, 6.45) is 0. The topological polar surface area (TPSA) is 20.3 Å². The Hall–Kier alpha value is 0.380. The Bertz CT molecular complexity index is 316. The molecule has 0 saturated carbocycles. The Kier molecular flexibility index (Phi) is 5.40. The van der Waals surface area contributed by atoms with Crippen LogP contribution < -0.4 is 0 Å². The average Bonchev–Trinajstić information content (AvgIpc) is 2.59. The zero-order chi connectivity index (χ0) is 10.6. The van der Waals surface area contributed by atoms with E-state index < -0.39 is 0 Å². The predicted octanol–water partition coefficient (Wildman–Crippen LogP) is 3.29. The van der Waals surface area contributed by atoms with E-state index >= 15 is 0 Å². The van der Waals surface area contributed by atoms with Gasteiger partial charge in [0.1, 0.15) is 0 Å². The smallest absolute Gasteiger partial charge is 0.232 e. The van der Waals surface area contributed by atoms with Crippen molar-refractivity contribution in [2.24, 2.45) is 0 Å². The highest BCUT2D eigenvalue weighted by Gasteiger charge is 2.11. The molecule has 0 aliphatic rings. The molecule has 0 radical (unpaired) electrons. The lowest BCUT2D eigenvalue weighted by Crippen LogP contribution is -2.30. The van der Waals surface area contributed by atoms with Gasteiger partial charge in [0.25, 0.3) is 0 Å². The van der Waals surface area contributed by atoms with Gasteiger partial charge in [0.05, 0.1) is 14.8 Å². The Morgan fingerprint density at radius 1 is 1.64 bits per heavy atom. The number of rotatable bonds is 4. The van der Waals surface area contributed by atoms with E-state index in [0.717, 1.165) is 16.9 Å². The van der Waals surface area contributed by atoms with Crippen molar-refractivity contribution in [2.75, 3.05) is 11.0 Å². The van der Waals surface area contributed by atoms with Crippen LogP contribution in [-0.4, -0.2) is 21.8 Å². The number of hydrogen-bond donors (Lipinski definition) is 0. The molecule has 14 heavy (non-hydrogen) atoms. The molecule has 1 heterocycles. The van der Waals surface area contributed by atoms with Gasteiger partial charge in [0.2, 0.25) is 5.91 Å². The maximum Gasteiger partial charge on any atom is 0.232 e. The van der Waals surface area contributed by atoms with Gasteiger partial charge < -0.3 is 4.90 Å². The molecule has 0 N–H and O–H groups in total. The first-order chi connectivity index (χ1) is 6.67. The number of carbonyl (C=O) groups excluding carboxylic acids is 1. The number of carbonyl (C=O) groups is 1. The van der Waals surface area contributed by atoms with Crippen LogP contribution in [0.4, 0.5) is 0 Å². The van der Waals surface area contributed by atoms with E-state index in [0.29, 0.717) is 4.43 Å². The third-order valence-electron chi connectivity index (χ3n) is 1.82. The normalized spacial score (nSPS) is 10.2. The highest BCUT2D eigenvalue weighted by atomic mass is 127. The van der Waals surface area contributed by atoms with Gasteiger partial charge in [-0.1, -0.05) is 22.6 Å². The minimum absolute atomic E-state index is 0.206. The lowest BCUT2D eigenvalue weighted by molar-refractivity contribution is -0.128. The molecule has 0 atom stereocenters. The van der Waals surface area contributed by atoms with E-state index in [1.807, 2.05) is 17.9 Å². The van der Waals surface area contributed by atoms with Crippen molar-refractivity contribution in [3.63, 3.8) is 0 Å². The Labute approximate surface area is 110 Å². The van der Waals surface area contributed by atoms with Gasteiger partial charge in [-0.3, -0.25) is 4.79 Å². The molecule has 2 nitrogen and oxygen atoms in total. The molecule has 0 unspecified atom stereocenters. The second-order valence-electron chi connectivity index (χ2n) is 2.75. The summed E-state index contributed by atoms with van der Waals surface area (Å²) in [7, 11) is 0. The Morgan fingerprint density at radius 3 is 2.79 bits per heavy atom. The van der Waals surface area contributed by atoms with Gasteiger partial charge in [-0.25, -0.2) is 0 Å². The Morgan fingerprint density at radius 2 is 2.36 bits per heavy atom. The van der Waals surface area contributed by atoms with Crippen LogP contribution in [0.25, 0.3) is 0 Å². The van der Waals surface area contributed by atoms with E-state index in [2.05, 4.69) is 44.6 Å². The number of amides is 1. The van der Waals surface area contributed by atoms with Crippen LogP contribution in [0.5, 0.6) is 0 Å². The maximum absolute atomic E-state index is 11.5. The van der Waals surface area contributed by atoms with E-state index in [1.54, 1.807) is 11.3 Å². The van der Waals surface area contributed by atoms with Crippen molar-refractivity contribution >= 4 is 55.8 Å². The fourth-order valence-corrected chi connectivity index (χ4v) is 3.07. The monoisotopic (exact) mass is 387 g/mol. The van der Waals surface area contributed by atoms with Crippen molar-refractivity contribution in [1.29, 1.82) is 0 Å². The molecule has 5 heteroatoms. The first-order valence-electron chi connectivity index (χ1n) is 4.25. The number of nitrogens with zero attached hydrogens (tertiary/aromatic N) is 1. The molecule has 1 aromatic heterocycles. The highest BCUT2D eigenvalue weighted by molar-refractivity contribution is 14.1. The SMILES string of the molecule is CCN(Cc1ccc(Br)s1)C(=O)CI. The highest BCUT2D eigenvalue weighted by Crippen LogP contribution is 2.23. The van der Waals surface area contributed by atoms with Crippen LogP contribution in [0.15, 0.2) is 15.9 Å². The fraction of sp³-hybridized carbons (Fsp3) is 0.444. The van der Waals surface area contributed by atoms with Crippen molar-refractivity contribution in [3.05, 3.63) is 20.8 Å². The molecule has 0 spiro atoms. The third-order valence-corrected chi connectivity index (χ3v) is 4.09. The van der Waals surface area contributed by atoms with Gasteiger partial charge >= 0.3 is 0 Å². The van der Waals surface area contributed by atoms with Crippen LogP contribution in [-0.2, 0) is 11.3 Å². The largest absolute Gasteiger partial charge is 0.337 e. The lowest BCUT2D eigenvalue weighted by Gasteiger charge is -2.18. The quantitative estimate of drug-likeness (QED) is 0.573. The van der Waals surface area contributed by atoms with Crippen LogP contribution in [0, 0.1) is 0 Å². The molecule has 0 saturated heterocycles. The molecule has 0 fully saturated rings. The molecule has 0 aliphatic carbocycles. The second kappa shape index (κ2) is 6.07. The fourth-order valence-electron chi connectivity index (χ4n) is 1.09. The Balaban J connectivity index is 2.61. The molecule has 0 aromatic carbocycles. The van der Waals surface area contributed by atoms with E-state index in [9.17, 15) is 4.79 Å². The summed E-state index contributed by atoms with van der Waals surface area (Å²) in [5.41, 5.74) is 0. The summed E-state index contributed by atoms with van der Waals surface area (Å²) in [4.78, 5) is 14.6. The molecule has 1 aromatic rings. The van der Waals surface area contributed by atoms with Gasteiger partial charge in [-0.2, -0.15) is 0 Å². The number of thiophene rings is 1. The predicted molar refractivity (Wildman–Crippen MR) is 72.0 cm³/mol. The van der Waals surface area contributed by atoms with E-state index in [4.69, 9.17) is 0 Å². The zero-order valence-electron chi connectivity index (χ0n) is 7.80. The van der Waals surface area contributed by atoms with Crippen LogP contribution >= 0.6 is 49.9 Å². The van der Waals surface area contributed by atoms with Crippen molar-refractivity contribution in [2.45, 2.75) is 13.5 Å². The molecule has 1 amide bonds. The lowest BCUT2D eigenvalue weighted by atomic mass is 10.4.